The highest BCUT2D eigenvalue weighted by Gasteiger charge is 2.37. The second kappa shape index (κ2) is 7.21. The molecule has 120 valence electrons. The molecule has 1 fully saturated rings. The van der Waals surface area contributed by atoms with Crippen molar-refractivity contribution >= 4 is 24.6 Å². The molecule has 1 atom stereocenters. The van der Waals surface area contributed by atoms with E-state index in [1.54, 1.807) is 48.5 Å². The maximum atomic E-state index is 13.1. The third-order valence-corrected chi connectivity index (χ3v) is 5.73. The van der Waals surface area contributed by atoms with Crippen LogP contribution in [0.25, 0.3) is 0 Å². The van der Waals surface area contributed by atoms with Crippen molar-refractivity contribution in [3.05, 3.63) is 60.7 Å². The summed E-state index contributed by atoms with van der Waals surface area (Å²) in [5.74, 6) is 1.53. The maximum absolute atomic E-state index is 13.1. The first-order valence-corrected chi connectivity index (χ1v) is 9.71. The molecule has 0 bridgehead atoms. The van der Waals surface area contributed by atoms with E-state index in [-0.39, 0.29) is 5.12 Å². The Hall–Kier alpha value is -1.75. The van der Waals surface area contributed by atoms with E-state index in [4.69, 9.17) is 9.05 Å². The molecular formula is C16H16NO4PS. The Kier molecular flexibility index (Phi) is 5.06. The van der Waals surface area contributed by atoms with Crippen LogP contribution in [-0.4, -0.2) is 16.9 Å². The SMILES string of the molecule is O=C1SCC[C@H]1NP(=O)(Oc1ccccc1)Oc1ccccc1. The monoisotopic (exact) mass is 349 g/mol. The van der Waals surface area contributed by atoms with E-state index in [2.05, 4.69) is 5.09 Å². The summed E-state index contributed by atoms with van der Waals surface area (Å²) in [6.45, 7) is 0. The first kappa shape index (κ1) is 16.1. The van der Waals surface area contributed by atoms with Crippen molar-refractivity contribution in [1.82, 2.24) is 5.09 Å². The van der Waals surface area contributed by atoms with Gasteiger partial charge in [-0.3, -0.25) is 4.79 Å². The number of carbonyl (C=O) groups is 1. The van der Waals surface area contributed by atoms with Gasteiger partial charge in [-0.25, -0.2) is 4.57 Å². The summed E-state index contributed by atoms with van der Waals surface area (Å²) in [7, 11) is -3.73. The van der Waals surface area contributed by atoms with Crippen LogP contribution in [0, 0.1) is 0 Å². The van der Waals surface area contributed by atoms with Gasteiger partial charge in [-0.05, 0) is 30.7 Å². The van der Waals surface area contributed by atoms with E-state index in [1.807, 2.05) is 12.1 Å². The molecule has 2 aromatic carbocycles. The molecule has 0 radical (unpaired) electrons. The zero-order chi connectivity index (χ0) is 16.1. The van der Waals surface area contributed by atoms with Crippen LogP contribution in [0.2, 0.25) is 0 Å². The summed E-state index contributed by atoms with van der Waals surface area (Å²) in [6.07, 6.45) is 0.601. The molecule has 0 spiro atoms. The molecule has 1 aliphatic rings. The van der Waals surface area contributed by atoms with Gasteiger partial charge in [-0.15, -0.1) is 0 Å². The molecule has 1 saturated heterocycles. The van der Waals surface area contributed by atoms with Gasteiger partial charge in [-0.1, -0.05) is 48.2 Å². The lowest BCUT2D eigenvalue weighted by Crippen LogP contribution is -2.32. The predicted octanol–water partition coefficient (Wildman–Crippen LogP) is 3.87. The van der Waals surface area contributed by atoms with E-state index in [0.29, 0.717) is 23.7 Å². The van der Waals surface area contributed by atoms with Gasteiger partial charge in [0.15, 0.2) is 0 Å². The van der Waals surface area contributed by atoms with Gasteiger partial charge in [-0.2, -0.15) is 5.09 Å². The molecule has 2 aromatic rings. The largest absolute Gasteiger partial charge is 0.513 e. The van der Waals surface area contributed by atoms with Crippen LogP contribution in [0.1, 0.15) is 6.42 Å². The minimum atomic E-state index is -3.73. The molecule has 1 heterocycles. The quantitative estimate of drug-likeness (QED) is 0.799. The summed E-state index contributed by atoms with van der Waals surface area (Å²) >= 11 is 1.23. The Morgan fingerprint density at radius 2 is 1.48 bits per heavy atom. The first-order valence-electron chi connectivity index (χ1n) is 7.18. The maximum Gasteiger partial charge on any atom is 0.513 e. The van der Waals surface area contributed by atoms with E-state index < -0.39 is 13.8 Å². The van der Waals surface area contributed by atoms with E-state index >= 15 is 0 Å². The summed E-state index contributed by atoms with van der Waals surface area (Å²) in [4.78, 5) is 11.8. The zero-order valence-electron chi connectivity index (χ0n) is 12.3. The molecule has 0 unspecified atom stereocenters. The van der Waals surface area contributed by atoms with Gasteiger partial charge in [0, 0.05) is 5.75 Å². The first-order chi connectivity index (χ1) is 11.1. The van der Waals surface area contributed by atoms with Crippen molar-refractivity contribution in [3.8, 4) is 11.5 Å². The van der Waals surface area contributed by atoms with Crippen molar-refractivity contribution in [1.29, 1.82) is 0 Å². The average Bonchev–Trinajstić information content (AvgIpc) is 2.93. The zero-order valence-corrected chi connectivity index (χ0v) is 14.0. The molecule has 23 heavy (non-hydrogen) atoms. The van der Waals surface area contributed by atoms with Crippen LogP contribution in [0.15, 0.2) is 60.7 Å². The lowest BCUT2D eigenvalue weighted by atomic mass is 10.3. The molecule has 1 N–H and O–H groups in total. The number of nitrogens with one attached hydrogen (secondary N) is 1. The smallest absolute Gasteiger partial charge is 0.405 e. The third-order valence-electron chi connectivity index (χ3n) is 3.19. The number of rotatable bonds is 6. The highest BCUT2D eigenvalue weighted by atomic mass is 32.2. The van der Waals surface area contributed by atoms with E-state index in [0.717, 1.165) is 0 Å². The standard InChI is InChI=1S/C16H16NO4PS/c18-16-15(11-12-23-16)17-22(19,20-13-7-3-1-4-8-13)21-14-9-5-2-6-10-14/h1-10,15H,11-12H2,(H,17,19)/t15-/m1/s1. The number of para-hydroxylation sites is 2. The van der Waals surface area contributed by atoms with Gasteiger partial charge < -0.3 is 9.05 Å². The van der Waals surface area contributed by atoms with Crippen molar-refractivity contribution in [2.45, 2.75) is 12.5 Å². The molecule has 7 heteroatoms. The molecule has 3 rings (SSSR count). The van der Waals surface area contributed by atoms with Crippen molar-refractivity contribution in [2.75, 3.05) is 5.75 Å². The fourth-order valence-electron chi connectivity index (χ4n) is 2.12. The second-order valence-corrected chi connectivity index (χ2v) is 7.66. The van der Waals surface area contributed by atoms with Gasteiger partial charge in [0.05, 0.1) is 6.04 Å². The molecule has 1 aliphatic heterocycles. The predicted molar refractivity (Wildman–Crippen MR) is 90.8 cm³/mol. The van der Waals surface area contributed by atoms with Gasteiger partial charge in [0.1, 0.15) is 11.5 Å². The van der Waals surface area contributed by atoms with Crippen LogP contribution in [0.5, 0.6) is 11.5 Å². The average molecular weight is 349 g/mol. The highest BCUT2D eigenvalue weighted by Crippen LogP contribution is 2.46. The minimum absolute atomic E-state index is 0.0430. The molecule has 0 aliphatic carbocycles. The molecular weight excluding hydrogens is 333 g/mol. The number of thioether (sulfide) groups is 1. The van der Waals surface area contributed by atoms with Gasteiger partial charge in [0.25, 0.3) is 0 Å². The number of benzene rings is 2. The summed E-state index contributed by atoms with van der Waals surface area (Å²) in [5, 5.41) is 2.74. The lowest BCUT2D eigenvalue weighted by Gasteiger charge is -2.22. The fourth-order valence-corrected chi connectivity index (χ4v) is 4.70. The fraction of sp³-hybridized carbons (Fsp3) is 0.188. The van der Waals surface area contributed by atoms with Gasteiger partial charge >= 0.3 is 7.75 Å². The lowest BCUT2D eigenvalue weighted by molar-refractivity contribution is -0.112. The van der Waals surface area contributed by atoms with Crippen LogP contribution >= 0.6 is 19.5 Å². The van der Waals surface area contributed by atoms with Crippen molar-refractivity contribution in [2.24, 2.45) is 0 Å². The normalized spacial score (nSPS) is 17.9. The number of hydrogen-bond donors (Lipinski definition) is 1. The Labute approximate surface area is 139 Å². The topological polar surface area (TPSA) is 64.6 Å². The van der Waals surface area contributed by atoms with Crippen molar-refractivity contribution in [3.63, 3.8) is 0 Å². The van der Waals surface area contributed by atoms with Crippen molar-refractivity contribution < 1.29 is 18.4 Å². The Morgan fingerprint density at radius 3 is 1.91 bits per heavy atom. The molecule has 5 nitrogen and oxygen atoms in total. The highest BCUT2D eigenvalue weighted by molar-refractivity contribution is 8.14. The second-order valence-electron chi connectivity index (χ2n) is 4.94. The van der Waals surface area contributed by atoms with Gasteiger partial charge in [0.2, 0.25) is 5.12 Å². The van der Waals surface area contributed by atoms with Crippen LogP contribution in [0.3, 0.4) is 0 Å². The van der Waals surface area contributed by atoms with E-state index in [1.165, 1.54) is 11.8 Å². The Balaban J connectivity index is 1.82. The van der Waals surface area contributed by atoms with E-state index in [9.17, 15) is 9.36 Å². The van der Waals surface area contributed by atoms with Crippen LogP contribution < -0.4 is 14.1 Å². The van der Waals surface area contributed by atoms with Crippen LogP contribution in [-0.2, 0) is 9.36 Å². The number of carbonyl (C=O) groups excluding carboxylic acids is 1. The summed E-state index contributed by atoms with van der Waals surface area (Å²) in [5.41, 5.74) is 0. The van der Waals surface area contributed by atoms with Crippen LogP contribution in [0.4, 0.5) is 0 Å². The Bertz CT molecular complexity index is 665. The molecule has 0 saturated carbocycles. The number of hydrogen-bond acceptors (Lipinski definition) is 5. The molecule has 0 aromatic heterocycles. The summed E-state index contributed by atoms with van der Waals surface area (Å²) in [6, 6.07) is 17.0. The summed E-state index contributed by atoms with van der Waals surface area (Å²) < 4.78 is 24.3. The third kappa shape index (κ3) is 4.38. The molecule has 0 amide bonds. The minimum Gasteiger partial charge on any atom is -0.405 e. The Morgan fingerprint density at radius 1 is 0.957 bits per heavy atom.